The third-order valence-corrected chi connectivity index (χ3v) is 7.43. The number of hydrogen-bond donors (Lipinski definition) is 3. The first-order valence-corrected chi connectivity index (χ1v) is 13.1. The summed E-state index contributed by atoms with van der Waals surface area (Å²) >= 11 is 0. The van der Waals surface area contributed by atoms with E-state index in [1.807, 2.05) is 17.9 Å². The minimum absolute atomic E-state index is 0.109. The molecule has 0 bridgehead atoms. The van der Waals surface area contributed by atoms with Gasteiger partial charge in [0.2, 0.25) is 5.91 Å². The number of aryl methyl sites for hydroxylation is 1. The van der Waals surface area contributed by atoms with Crippen LogP contribution in [-0.4, -0.2) is 97.2 Å². The molecule has 3 saturated heterocycles. The number of ether oxygens (including phenoxy) is 1. The summed E-state index contributed by atoms with van der Waals surface area (Å²) < 4.78 is 5.72. The van der Waals surface area contributed by atoms with Gasteiger partial charge in [-0.25, -0.2) is 4.79 Å². The van der Waals surface area contributed by atoms with E-state index in [0.717, 1.165) is 64.0 Å². The number of amides is 4. The number of carbonyl (C=O) groups is 4. The van der Waals surface area contributed by atoms with Gasteiger partial charge in [-0.1, -0.05) is 6.07 Å². The molecule has 0 atom stereocenters. The molecule has 0 unspecified atom stereocenters. The van der Waals surface area contributed by atoms with Gasteiger partial charge in [-0.2, -0.15) is 0 Å². The second kappa shape index (κ2) is 12.4. The average Bonchev–Trinajstić information content (AvgIpc) is 2.86. The van der Waals surface area contributed by atoms with Gasteiger partial charge in [0.05, 0.1) is 12.2 Å². The number of aliphatic carboxylic acids is 1. The number of imide groups is 1. The molecule has 37 heavy (non-hydrogen) atoms. The summed E-state index contributed by atoms with van der Waals surface area (Å²) in [7, 11) is 0. The number of piperidine rings is 2. The fourth-order valence-electron chi connectivity index (χ4n) is 5.33. The molecule has 4 amide bonds. The van der Waals surface area contributed by atoms with Crippen LogP contribution in [0.5, 0.6) is 5.75 Å². The molecule has 3 N–H and O–H groups in total. The van der Waals surface area contributed by atoms with Gasteiger partial charge >= 0.3 is 12.0 Å². The molecule has 4 rings (SSSR count). The van der Waals surface area contributed by atoms with E-state index in [0.29, 0.717) is 23.9 Å². The van der Waals surface area contributed by atoms with Crippen LogP contribution in [0, 0.1) is 12.8 Å². The van der Waals surface area contributed by atoms with Crippen molar-refractivity contribution < 1.29 is 29.0 Å². The molecule has 11 nitrogen and oxygen atoms in total. The van der Waals surface area contributed by atoms with Crippen LogP contribution in [0.1, 0.15) is 37.7 Å². The zero-order valence-electron chi connectivity index (χ0n) is 21.4. The zero-order valence-corrected chi connectivity index (χ0v) is 21.4. The van der Waals surface area contributed by atoms with E-state index < -0.39 is 12.0 Å². The van der Waals surface area contributed by atoms with Gasteiger partial charge in [0.1, 0.15) is 5.75 Å². The van der Waals surface area contributed by atoms with Crippen LogP contribution in [-0.2, 0) is 14.4 Å². The maximum atomic E-state index is 12.5. The van der Waals surface area contributed by atoms with Crippen LogP contribution in [0.15, 0.2) is 18.2 Å². The standard InChI is InChI=1S/C26H37N5O6/c1-18-2-3-21(14-22(18)31-13-8-23(32)28-26(31)36)37-17-24(33)27-20-6-11-29(12-7-20)15-19-4-9-30(10-5-19)16-25(34)35/h2-3,14,19-20H,4-13,15-17H2,1H3,(H,27,33)(H,34,35)(H,28,32,36). The highest BCUT2D eigenvalue weighted by Gasteiger charge is 2.27. The third-order valence-electron chi connectivity index (χ3n) is 7.43. The van der Waals surface area contributed by atoms with Crippen LogP contribution >= 0.6 is 0 Å². The Bertz CT molecular complexity index is 1000. The molecular formula is C26H37N5O6. The van der Waals surface area contributed by atoms with Crippen LogP contribution in [0.25, 0.3) is 0 Å². The fourth-order valence-corrected chi connectivity index (χ4v) is 5.33. The van der Waals surface area contributed by atoms with E-state index in [-0.39, 0.29) is 37.4 Å². The number of nitrogens with one attached hydrogen (secondary N) is 2. The number of urea groups is 1. The first kappa shape index (κ1) is 26.9. The van der Waals surface area contributed by atoms with E-state index in [1.54, 1.807) is 12.1 Å². The van der Waals surface area contributed by atoms with Crippen LogP contribution in [0.3, 0.4) is 0 Å². The van der Waals surface area contributed by atoms with Crippen molar-refractivity contribution in [3.05, 3.63) is 23.8 Å². The lowest BCUT2D eigenvalue weighted by atomic mass is 9.94. The molecule has 0 aliphatic carbocycles. The predicted octanol–water partition coefficient (Wildman–Crippen LogP) is 1.20. The summed E-state index contributed by atoms with van der Waals surface area (Å²) in [6.07, 6.45) is 4.08. The molecule has 11 heteroatoms. The first-order chi connectivity index (χ1) is 17.8. The molecule has 3 fully saturated rings. The highest BCUT2D eigenvalue weighted by atomic mass is 16.5. The summed E-state index contributed by atoms with van der Waals surface area (Å²) in [4.78, 5) is 53.0. The molecule has 3 heterocycles. The molecule has 0 aromatic heterocycles. The Balaban J connectivity index is 1.17. The van der Waals surface area contributed by atoms with E-state index >= 15 is 0 Å². The predicted molar refractivity (Wildman–Crippen MR) is 137 cm³/mol. The highest BCUT2D eigenvalue weighted by Crippen LogP contribution is 2.27. The topological polar surface area (TPSA) is 132 Å². The van der Waals surface area contributed by atoms with E-state index in [1.165, 1.54) is 4.90 Å². The fraction of sp³-hybridized carbons (Fsp3) is 0.615. The lowest BCUT2D eigenvalue weighted by Crippen LogP contribution is -2.49. The SMILES string of the molecule is Cc1ccc(OCC(=O)NC2CCN(CC3CCN(CC(=O)O)CC3)CC2)cc1N1CCC(=O)NC1=O. The Labute approximate surface area is 217 Å². The third kappa shape index (κ3) is 7.65. The average molecular weight is 516 g/mol. The van der Waals surface area contributed by atoms with Gasteiger partial charge in [0.15, 0.2) is 6.61 Å². The van der Waals surface area contributed by atoms with E-state index in [9.17, 15) is 19.2 Å². The number of carboxylic acid groups (broad SMARTS) is 1. The Kier molecular flexibility index (Phi) is 8.99. The highest BCUT2D eigenvalue weighted by molar-refractivity contribution is 6.06. The molecule has 0 radical (unpaired) electrons. The summed E-state index contributed by atoms with van der Waals surface area (Å²) in [6, 6.07) is 4.99. The molecule has 0 saturated carbocycles. The summed E-state index contributed by atoms with van der Waals surface area (Å²) in [5.74, 6) is -0.133. The zero-order chi connectivity index (χ0) is 26.4. The van der Waals surface area contributed by atoms with Crippen molar-refractivity contribution in [2.75, 3.05) is 57.3 Å². The lowest BCUT2D eigenvalue weighted by molar-refractivity contribution is -0.138. The van der Waals surface area contributed by atoms with Crippen molar-refractivity contribution in [2.45, 2.75) is 45.1 Å². The minimum Gasteiger partial charge on any atom is -0.484 e. The molecule has 3 aliphatic heterocycles. The van der Waals surface area contributed by atoms with Crippen molar-refractivity contribution in [1.82, 2.24) is 20.4 Å². The largest absolute Gasteiger partial charge is 0.484 e. The number of hydrogen-bond acceptors (Lipinski definition) is 7. The van der Waals surface area contributed by atoms with Gasteiger partial charge in [0, 0.05) is 44.7 Å². The Morgan fingerprint density at radius 2 is 1.76 bits per heavy atom. The van der Waals surface area contributed by atoms with Gasteiger partial charge < -0.3 is 20.1 Å². The van der Waals surface area contributed by atoms with Crippen molar-refractivity contribution in [3.8, 4) is 5.75 Å². The number of carbonyl (C=O) groups excluding carboxylic acids is 3. The Hall–Kier alpha value is -3.18. The van der Waals surface area contributed by atoms with Crippen LogP contribution in [0.2, 0.25) is 0 Å². The molecule has 202 valence electrons. The quantitative estimate of drug-likeness (QED) is 0.447. The van der Waals surface area contributed by atoms with Crippen molar-refractivity contribution in [2.24, 2.45) is 5.92 Å². The maximum Gasteiger partial charge on any atom is 0.328 e. The number of anilines is 1. The number of likely N-dealkylation sites (tertiary alicyclic amines) is 2. The normalized spacial score (nSPS) is 20.5. The number of rotatable bonds is 9. The Morgan fingerprint density at radius 3 is 2.43 bits per heavy atom. The minimum atomic E-state index is -0.762. The van der Waals surface area contributed by atoms with Gasteiger partial charge in [-0.05, 0) is 63.2 Å². The van der Waals surface area contributed by atoms with Gasteiger partial charge in [-0.15, -0.1) is 0 Å². The van der Waals surface area contributed by atoms with Crippen LogP contribution < -0.4 is 20.3 Å². The summed E-state index contributed by atoms with van der Waals surface area (Å²) in [6.45, 7) is 6.79. The number of carboxylic acids is 1. The second-order valence-corrected chi connectivity index (χ2v) is 10.2. The number of nitrogens with zero attached hydrogens (tertiary/aromatic N) is 3. The molecule has 1 aromatic carbocycles. The Morgan fingerprint density at radius 1 is 1.05 bits per heavy atom. The smallest absolute Gasteiger partial charge is 0.328 e. The van der Waals surface area contributed by atoms with Crippen molar-refractivity contribution in [3.63, 3.8) is 0 Å². The van der Waals surface area contributed by atoms with E-state index in [2.05, 4.69) is 15.5 Å². The van der Waals surface area contributed by atoms with Crippen LogP contribution in [0.4, 0.5) is 10.5 Å². The molecule has 0 spiro atoms. The molecule has 1 aromatic rings. The summed E-state index contributed by atoms with van der Waals surface area (Å²) in [5, 5.41) is 14.3. The maximum absolute atomic E-state index is 12.5. The lowest BCUT2D eigenvalue weighted by Gasteiger charge is -2.37. The molecular weight excluding hydrogens is 478 g/mol. The number of benzene rings is 1. The molecule has 3 aliphatic rings. The first-order valence-electron chi connectivity index (χ1n) is 13.1. The van der Waals surface area contributed by atoms with Gasteiger partial charge in [-0.3, -0.25) is 29.5 Å². The second-order valence-electron chi connectivity index (χ2n) is 10.2. The van der Waals surface area contributed by atoms with Gasteiger partial charge in [0.25, 0.3) is 5.91 Å². The summed E-state index contributed by atoms with van der Waals surface area (Å²) in [5.41, 5.74) is 1.53. The van der Waals surface area contributed by atoms with Crippen molar-refractivity contribution >= 4 is 29.5 Å². The monoisotopic (exact) mass is 515 g/mol. The van der Waals surface area contributed by atoms with Crippen molar-refractivity contribution in [1.29, 1.82) is 0 Å². The van der Waals surface area contributed by atoms with E-state index in [4.69, 9.17) is 9.84 Å².